The molecule has 0 aliphatic carbocycles. The van der Waals surface area contributed by atoms with Crippen LogP contribution in [0.5, 0.6) is 0 Å². The molecule has 1 fully saturated rings. The number of hydrogen-bond acceptors (Lipinski definition) is 6. The van der Waals surface area contributed by atoms with Crippen molar-refractivity contribution < 1.29 is 19.1 Å². The van der Waals surface area contributed by atoms with Crippen molar-refractivity contribution in [2.24, 2.45) is 0 Å². The summed E-state index contributed by atoms with van der Waals surface area (Å²) in [6.45, 7) is 1.11. The van der Waals surface area contributed by atoms with E-state index in [-0.39, 0.29) is 12.5 Å². The molecule has 0 N–H and O–H groups in total. The van der Waals surface area contributed by atoms with Gasteiger partial charge in [0.2, 0.25) is 5.91 Å². The number of esters is 1. The van der Waals surface area contributed by atoms with E-state index in [1.165, 1.54) is 18.9 Å². The van der Waals surface area contributed by atoms with E-state index in [2.05, 4.69) is 9.72 Å². The quantitative estimate of drug-likeness (QED) is 0.598. The third-order valence-corrected chi connectivity index (χ3v) is 3.89. The van der Waals surface area contributed by atoms with Gasteiger partial charge in [-0.2, -0.15) is 0 Å². The number of thioether (sulfide) groups is 1. The fourth-order valence-corrected chi connectivity index (χ4v) is 2.61. The van der Waals surface area contributed by atoms with Crippen LogP contribution in [0.15, 0.2) is 29.4 Å². The molecule has 1 amide bonds. The SMILES string of the molecule is COC(=O)C1CN(C(=O)CSc2ccncc2)CCO1. The Labute approximate surface area is 121 Å². The number of carbonyl (C=O) groups excluding carboxylic acids is 2. The number of aromatic nitrogens is 1. The molecule has 0 saturated carbocycles. The van der Waals surface area contributed by atoms with Gasteiger partial charge in [0.25, 0.3) is 0 Å². The standard InChI is InChI=1S/C13H16N2O4S/c1-18-13(17)11-8-15(6-7-19-11)12(16)9-20-10-2-4-14-5-3-10/h2-5,11H,6-9H2,1H3. The third kappa shape index (κ3) is 3.94. The summed E-state index contributed by atoms with van der Waals surface area (Å²) in [6, 6.07) is 3.71. The molecular formula is C13H16N2O4S. The van der Waals surface area contributed by atoms with Gasteiger partial charge in [0.15, 0.2) is 6.10 Å². The molecule has 20 heavy (non-hydrogen) atoms. The number of pyridine rings is 1. The molecule has 1 saturated heterocycles. The molecular weight excluding hydrogens is 280 g/mol. The van der Waals surface area contributed by atoms with Gasteiger partial charge in [-0.15, -0.1) is 11.8 Å². The first-order valence-electron chi connectivity index (χ1n) is 6.20. The maximum atomic E-state index is 12.1. The van der Waals surface area contributed by atoms with E-state index in [0.29, 0.717) is 18.9 Å². The highest BCUT2D eigenvalue weighted by Crippen LogP contribution is 2.17. The zero-order chi connectivity index (χ0) is 14.4. The second-order valence-electron chi connectivity index (χ2n) is 4.19. The van der Waals surface area contributed by atoms with Crippen molar-refractivity contribution in [3.8, 4) is 0 Å². The molecule has 7 heteroatoms. The average Bonchev–Trinajstić information content (AvgIpc) is 2.53. The predicted octanol–water partition coefficient (Wildman–Crippen LogP) is 0.574. The Hall–Kier alpha value is -1.60. The van der Waals surface area contributed by atoms with Crippen LogP contribution >= 0.6 is 11.8 Å². The van der Waals surface area contributed by atoms with Gasteiger partial charge in [0.05, 0.1) is 26.0 Å². The van der Waals surface area contributed by atoms with Gasteiger partial charge in [-0.25, -0.2) is 4.79 Å². The Kier molecular flexibility index (Phi) is 5.37. The van der Waals surface area contributed by atoms with Crippen molar-refractivity contribution in [3.05, 3.63) is 24.5 Å². The van der Waals surface area contributed by atoms with Crippen LogP contribution in [0.25, 0.3) is 0 Å². The van der Waals surface area contributed by atoms with E-state index in [1.807, 2.05) is 12.1 Å². The fourth-order valence-electron chi connectivity index (χ4n) is 1.82. The Bertz CT molecular complexity index is 469. The molecule has 108 valence electrons. The first kappa shape index (κ1) is 14.8. The van der Waals surface area contributed by atoms with Crippen molar-refractivity contribution in [1.82, 2.24) is 9.88 Å². The summed E-state index contributed by atoms with van der Waals surface area (Å²) in [6.07, 6.45) is 2.70. The maximum Gasteiger partial charge on any atom is 0.336 e. The Morgan fingerprint density at radius 3 is 2.95 bits per heavy atom. The summed E-state index contributed by atoms with van der Waals surface area (Å²) in [7, 11) is 1.31. The smallest absolute Gasteiger partial charge is 0.336 e. The zero-order valence-corrected chi connectivity index (χ0v) is 12.0. The van der Waals surface area contributed by atoms with Crippen LogP contribution in [0.2, 0.25) is 0 Å². The van der Waals surface area contributed by atoms with Crippen molar-refractivity contribution >= 4 is 23.6 Å². The fraction of sp³-hybridized carbons (Fsp3) is 0.462. The molecule has 0 aromatic carbocycles. The lowest BCUT2D eigenvalue weighted by Crippen LogP contribution is -2.49. The molecule has 1 aliphatic heterocycles. The second-order valence-corrected chi connectivity index (χ2v) is 5.24. The van der Waals surface area contributed by atoms with Crippen LogP contribution in [0.4, 0.5) is 0 Å². The predicted molar refractivity (Wildman–Crippen MR) is 73.3 cm³/mol. The number of methoxy groups -OCH3 is 1. The highest BCUT2D eigenvalue weighted by atomic mass is 32.2. The molecule has 0 spiro atoms. The molecule has 0 bridgehead atoms. The van der Waals surface area contributed by atoms with Gasteiger partial charge < -0.3 is 14.4 Å². The largest absolute Gasteiger partial charge is 0.467 e. The zero-order valence-electron chi connectivity index (χ0n) is 11.2. The lowest BCUT2D eigenvalue weighted by molar-refractivity contribution is -0.161. The van der Waals surface area contributed by atoms with Crippen molar-refractivity contribution in [2.45, 2.75) is 11.0 Å². The van der Waals surface area contributed by atoms with Gasteiger partial charge in [-0.05, 0) is 12.1 Å². The van der Waals surface area contributed by atoms with E-state index in [4.69, 9.17) is 4.74 Å². The van der Waals surface area contributed by atoms with Crippen LogP contribution in [0.3, 0.4) is 0 Å². The first-order valence-corrected chi connectivity index (χ1v) is 7.19. The molecule has 1 aromatic rings. The van der Waals surface area contributed by atoms with Gasteiger partial charge in [0.1, 0.15) is 0 Å². The lowest BCUT2D eigenvalue weighted by atomic mass is 10.2. The number of rotatable bonds is 4. The molecule has 1 atom stereocenters. The molecule has 0 radical (unpaired) electrons. The van der Waals surface area contributed by atoms with Gasteiger partial charge in [-0.1, -0.05) is 0 Å². The molecule has 2 heterocycles. The van der Waals surface area contributed by atoms with E-state index in [9.17, 15) is 9.59 Å². The number of hydrogen-bond donors (Lipinski definition) is 0. The molecule has 6 nitrogen and oxygen atoms in total. The number of carbonyl (C=O) groups is 2. The number of ether oxygens (including phenoxy) is 2. The van der Waals surface area contributed by atoms with Gasteiger partial charge in [0, 0.05) is 23.8 Å². The molecule has 1 unspecified atom stereocenters. The van der Waals surface area contributed by atoms with Crippen LogP contribution in [0.1, 0.15) is 0 Å². The Balaban J connectivity index is 1.84. The van der Waals surface area contributed by atoms with Crippen LogP contribution in [0, 0.1) is 0 Å². The van der Waals surface area contributed by atoms with Crippen LogP contribution in [-0.4, -0.2) is 60.4 Å². The van der Waals surface area contributed by atoms with E-state index < -0.39 is 12.1 Å². The minimum absolute atomic E-state index is 0.0102. The van der Waals surface area contributed by atoms with Crippen LogP contribution < -0.4 is 0 Å². The van der Waals surface area contributed by atoms with Crippen molar-refractivity contribution in [2.75, 3.05) is 32.6 Å². The number of amides is 1. The van der Waals surface area contributed by atoms with Crippen molar-refractivity contribution in [3.63, 3.8) is 0 Å². The summed E-state index contributed by atoms with van der Waals surface area (Å²) in [5.41, 5.74) is 0. The Morgan fingerprint density at radius 1 is 1.50 bits per heavy atom. The lowest BCUT2D eigenvalue weighted by Gasteiger charge is -2.31. The van der Waals surface area contributed by atoms with E-state index in [0.717, 1.165) is 4.90 Å². The van der Waals surface area contributed by atoms with E-state index >= 15 is 0 Å². The summed E-state index contributed by atoms with van der Waals surface area (Å²) in [5.74, 6) is -0.119. The monoisotopic (exact) mass is 296 g/mol. The topological polar surface area (TPSA) is 68.7 Å². The molecule has 2 rings (SSSR count). The summed E-state index contributed by atoms with van der Waals surface area (Å²) >= 11 is 1.45. The highest BCUT2D eigenvalue weighted by Gasteiger charge is 2.29. The van der Waals surface area contributed by atoms with Crippen molar-refractivity contribution in [1.29, 1.82) is 0 Å². The second kappa shape index (κ2) is 7.25. The summed E-state index contributed by atoms with van der Waals surface area (Å²) in [4.78, 5) is 30.1. The maximum absolute atomic E-state index is 12.1. The highest BCUT2D eigenvalue weighted by molar-refractivity contribution is 8.00. The van der Waals surface area contributed by atoms with Gasteiger partial charge in [-0.3, -0.25) is 9.78 Å². The average molecular weight is 296 g/mol. The van der Waals surface area contributed by atoms with Crippen LogP contribution in [-0.2, 0) is 19.1 Å². The van der Waals surface area contributed by atoms with E-state index in [1.54, 1.807) is 17.3 Å². The summed E-state index contributed by atoms with van der Waals surface area (Å²) < 4.78 is 9.92. The summed E-state index contributed by atoms with van der Waals surface area (Å²) in [5, 5.41) is 0. The minimum atomic E-state index is -0.677. The van der Waals surface area contributed by atoms with Gasteiger partial charge >= 0.3 is 5.97 Å². The normalized spacial score (nSPS) is 18.6. The number of nitrogens with zero attached hydrogens (tertiary/aromatic N) is 2. The number of morpholine rings is 1. The first-order chi connectivity index (χ1) is 9.70. The third-order valence-electron chi connectivity index (χ3n) is 2.90. The molecule has 1 aromatic heterocycles. The molecule has 1 aliphatic rings. The Morgan fingerprint density at radius 2 is 2.25 bits per heavy atom. The minimum Gasteiger partial charge on any atom is -0.467 e.